The number of nitrogens with zero attached hydrogens (tertiary/aromatic N) is 2. The minimum Gasteiger partial charge on any atom is -0.507 e. The molecule has 1 aromatic carbocycles. The van der Waals surface area contributed by atoms with Gasteiger partial charge in [0.05, 0.1) is 5.57 Å². The molecule has 1 unspecified atom stereocenters. The third-order valence-electron chi connectivity index (χ3n) is 6.29. The van der Waals surface area contributed by atoms with Crippen LogP contribution >= 0.6 is 0 Å². The van der Waals surface area contributed by atoms with Crippen LogP contribution in [0.15, 0.2) is 64.8 Å². The number of hydrogen-bond acceptors (Lipinski definition) is 5. The zero-order chi connectivity index (χ0) is 22.2. The van der Waals surface area contributed by atoms with E-state index in [4.69, 9.17) is 4.42 Å². The molecule has 0 bridgehead atoms. The van der Waals surface area contributed by atoms with Gasteiger partial charge < -0.3 is 14.4 Å². The van der Waals surface area contributed by atoms with E-state index >= 15 is 0 Å². The van der Waals surface area contributed by atoms with Crippen LogP contribution < -0.4 is 0 Å². The summed E-state index contributed by atoms with van der Waals surface area (Å²) < 4.78 is 5.84. The van der Waals surface area contributed by atoms with E-state index in [-0.39, 0.29) is 17.9 Å². The maximum atomic E-state index is 13.1. The molecule has 1 N–H and O–H groups in total. The Morgan fingerprint density at radius 3 is 2.53 bits per heavy atom. The molecular weight excluding hydrogens is 404 g/mol. The minimum absolute atomic E-state index is 0.0640. The van der Waals surface area contributed by atoms with Crippen molar-refractivity contribution in [3.63, 3.8) is 0 Å². The van der Waals surface area contributed by atoms with Crippen LogP contribution in [-0.4, -0.2) is 26.7 Å². The Morgan fingerprint density at radius 2 is 1.81 bits per heavy atom. The second-order valence-electron chi connectivity index (χ2n) is 8.42. The van der Waals surface area contributed by atoms with Gasteiger partial charge in [-0.05, 0) is 79.6 Å². The van der Waals surface area contributed by atoms with E-state index in [1.807, 2.05) is 25.1 Å². The molecular formula is C26H24N2O4. The monoisotopic (exact) mass is 428 g/mol. The number of aliphatic hydroxyl groups is 1. The molecule has 32 heavy (non-hydrogen) atoms. The summed E-state index contributed by atoms with van der Waals surface area (Å²) in [5.74, 6) is -0.389. The number of aromatic nitrogens is 1. The van der Waals surface area contributed by atoms with Crippen LogP contribution in [0.25, 0.3) is 5.76 Å². The Labute approximate surface area is 186 Å². The molecule has 162 valence electrons. The average molecular weight is 428 g/mol. The number of pyridine rings is 1. The highest BCUT2D eigenvalue weighted by molar-refractivity contribution is 6.46. The van der Waals surface area contributed by atoms with Crippen molar-refractivity contribution in [3.05, 3.63) is 94.2 Å². The number of carbonyl (C=O) groups excluding carboxylic acids is 2. The fraction of sp³-hybridized carbons (Fsp3) is 0.269. The lowest BCUT2D eigenvalue weighted by Crippen LogP contribution is -2.29. The lowest BCUT2D eigenvalue weighted by Gasteiger charge is -2.23. The summed E-state index contributed by atoms with van der Waals surface area (Å²) in [6.07, 6.45) is 7.54. The molecule has 1 atom stereocenters. The number of benzene rings is 1. The first-order valence-corrected chi connectivity index (χ1v) is 10.9. The number of Topliss-reactive ketones (excluding diaryl/α,β-unsaturated/α-hetero) is 1. The molecule has 6 nitrogen and oxygen atoms in total. The third-order valence-corrected chi connectivity index (χ3v) is 6.29. The molecule has 1 amide bonds. The van der Waals surface area contributed by atoms with Gasteiger partial charge in [-0.2, -0.15) is 0 Å². The fourth-order valence-corrected chi connectivity index (χ4v) is 4.66. The maximum absolute atomic E-state index is 13.1. The second-order valence-corrected chi connectivity index (χ2v) is 8.42. The summed E-state index contributed by atoms with van der Waals surface area (Å²) in [6, 6.07) is 12.1. The Balaban J connectivity index is 1.62. The third kappa shape index (κ3) is 3.51. The molecule has 0 spiro atoms. The van der Waals surface area contributed by atoms with E-state index in [9.17, 15) is 14.7 Å². The van der Waals surface area contributed by atoms with Gasteiger partial charge in [0.1, 0.15) is 23.3 Å². The first-order chi connectivity index (χ1) is 15.5. The molecule has 0 saturated carbocycles. The molecule has 3 heterocycles. The summed E-state index contributed by atoms with van der Waals surface area (Å²) in [5.41, 5.74) is 3.93. The first kappa shape index (κ1) is 20.2. The quantitative estimate of drug-likeness (QED) is 0.376. The van der Waals surface area contributed by atoms with Crippen molar-refractivity contribution in [1.82, 2.24) is 9.88 Å². The SMILES string of the molecule is Cc1ccc(C2/C(=C(/O)c3ccc4c(c3)CCCC4)C(=O)C(=O)N2Cc2ccncc2)o1. The molecule has 3 aromatic rings. The summed E-state index contributed by atoms with van der Waals surface area (Å²) in [6.45, 7) is 2.01. The standard InChI is InChI=1S/C26H24N2O4/c1-16-6-9-21(32-16)23-22(24(29)20-8-7-18-4-2-3-5-19(18)14-20)25(30)26(31)28(23)15-17-10-12-27-13-11-17/h6-14,23,29H,2-5,15H2,1H3/b24-22-. The highest BCUT2D eigenvalue weighted by atomic mass is 16.3. The number of aryl methyl sites for hydroxylation is 3. The average Bonchev–Trinajstić information content (AvgIpc) is 3.35. The number of aliphatic hydroxyl groups excluding tert-OH is 1. The van der Waals surface area contributed by atoms with Gasteiger partial charge in [0.15, 0.2) is 0 Å². The molecule has 1 aliphatic heterocycles. The van der Waals surface area contributed by atoms with Gasteiger partial charge in [0.2, 0.25) is 0 Å². The molecule has 1 fully saturated rings. The minimum atomic E-state index is -0.798. The Kier molecular flexibility index (Phi) is 5.13. The van der Waals surface area contributed by atoms with E-state index in [1.165, 1.54) is 16.0 Å². The van der Waals surface area contributed by atoms with Crippen LogP contribution in [-0.2, 0) is 29.0 Å². The van der Waals surface area contributed by atoms with Crippen molar-refractivity contribution in [1.29, 1.82) is 0 Å². The Hall–Kier alpha value is -3.67. The lowest BCUT2D eigenvalue weighted by molar-refractivity contribution is -0.140. The number of ketones is 1. The van der Waals surface area contributed by atoms with Gasteiger partial charge in [-0.15, -0.1) is 0 Å². The van der Waals surface area contributed by atoms with Gasteiger partial charge in [0.25, 0.3) is 11.7 Å². The van der Waals surface area contributed by atoms with Crippen LogP contribution in [0.4, 0.5) is 0 Å². The number of amides is 1. The topological polar surface area (TPSA) is 83.6 Å². The molecule has 1 saturated heterocycles. The zero-order valence-electron chi connectivity index (χ0n) is 17.9. The fourth-order valence-electron chi connectivity index (χ4n) is 4.66. The van der Waals surface area contributed by atoms with Crippen LogP contribution in [0.5, 0.6) is 0 Å². The number of furan rings is 1. The maximum Gasteiger partial charge on any atom is 0.296 e. The predicted molar refractivity (Wildman–Crippen MR) is 119 cm³/mol. The zero-order valence-corrected chi connectivity index (χ0v) is 17.9. The van der Waals surface area contributed by atoms with Crippen LogP contribution in [0.2, 0.25) is 0 Å². The Morgan fingerprint density at radius 1 is 1.06 bits per heavy atom. The lowest BCUT2D eigenvalue weighted by atomic mass is 9.89. The molecule has 2 aliphatic rings. The van der Waals surface area contributed by atoms with Crippen LogP contribution in [0.1, 0.15) is 52.7 Å². The van der Waals surface area contributed by atoms with E-state index in [0.717, 1.165) is 31.2 Å². The number of hydrogen-bond donors (Lipinski definition) is 1. The smallest absolute Gasteiger partial charge is 0.296 e. The molecule has 6 heteroatoms. The number of carbonyl (C=O) groups is 2. The van der Waals surface area contributed by atoms with Crippen LogP contribution in [0.3, 0.4) is 0 Å². The second kappa shape index (κ2) is 8.11. The van der Waals surface area contributed by atoms with Crippen molar-refractivity contribution in [2.24, 2.45) is 0 Å². The normalized spacial score (nSPS) is 19.9. The highest BCUT2D eigenvalue weighted by Gasteiger charge is 2.47. The molecule has 2 aromatic heterocycles. The summed E-state index contributed by atoms with van der Waals surface area (Å²) in [4.78, 5) is 31.7. The number of rotatable bonds is 4. The van der Waals surface area contributed by atoms with Crippen molar-refractivity contribution in [2.45, 2.75) is 45.2 Å². The van der Waals surface area contributed by atoms with Gasteiger partial charge in [-0.3, -0.25) is 14.6 Å². The van der Waals surface area contributed by atoms with E-state index in [1.54, 1.807) is 36.7 Å². The number of fused-ring (bicyclic) bond motifs is 1. The number of likely N-dealkylation sites (tertiary alicyclic amines) is 1. The van der Waals surface area contributed by atoms with E-state index < -0.39 is 17.7 Å². The predicted octanol–water partition coefficient (Wildman–Crippen LogP) is 4.48. The summed E-state index contributed by atoms with van der Waals surface area (Å²) in [7, 11) is 0. The van der Waals surface area contributed by atoms with Gasteiger partial charge >= 0.3 is 0 Å². The van der Waals surface area contributed by atoms with Crippen molar-refractivity contribution >= 4 is 17.4 Å². The van der Waals surface area contributed by atoms with Crippen molar-refractivity contribution < 1.29 is 19.1 Å². The largest absolute Gasteiger partial charge is 0.507 e. The van der Waals surface area contributed by atoms with Crippen molar-refractivity contribution in [3.8, 4) is 0 Å². The highest BCUT2D eigenvalue weighted by Crippen LogP contribution is 2.41. The van der Waals surface area contributed by atoms with Gasteiger partial charge in [-0.1, -0.05) is 12.1 Å². The first-order valence-electron chi connectivity index (χ1n) is 10.9. The van der Waals surface area contributed by atoms with E-state index in [2.05, 4.69) is 4.98 Å². The van der Waals surface area contributed by atoms with Crippen LogP contribution in [0, 0.1) is 6.92 Å². The summed E-state index contributed by atoms with van der Waals surface area (Å²) >= 11 is 0. The van der Waals surface area contributed by atoms with Crippen molar-refractivity contribution in [2.75, 3.05) is 0 Å². The summed E-state index contributed by atoms with van der Waals surface area (Å²) in [5, 5.41) is 11.3. The molecule has 0 radical (unpaired) electrons. The van der Waals surface area contributed by atoms with E-state index in [0.29, 0.717) is 17.1 Å². The molecule has 1 aliphatic carbocycles. The Bertz CT molecular complexity index is 1230. The molecule has 5 rings (SSSR count). The van der Waals surface area contributed by atoms with Gasteiger partial charge in [-0.25, -0.2) is 0 Å². The van der Waals surface area contributed by atoms with Gasteiger partial charge in [0, 0.05) is 24.5 Å².